The fraction of sp³-hybridized carbons (Fsp3) is 0.192. The van der Waals surface area contributed by atoms with Crippen LogP contribution in [-0.2, 0) is 0 Å². The van der Waals surface area contributed by atoms with Gasteiger partial charge in [0.1, 0.15) is 5.01 Å². The van der Waals surface area contributed by atoms with E-state index in [1.807, 2.05) is 43.3 Å². The Morgan fingerprint density at radius 1 is 1.11 bits per heavy atom. The molecule has 0 aliphatic carbocycles. The molecular weight excluding hydrogens is 460 g/mol. The van der Waals surface area contributed by atoms with Gasteiger partial charge in [-0.15, -0.1) is 11.3 Å². The van der Waals surface area contributed by atoms with E-state index in [1.165, 1.54) is 11.3 Å². The predicted octanol–water partition coefficient (Wildman–Crippen LogP) is 4.89. The van der Waals surface area contributed by atoms with Crippen molar-refractivity contribution in [3.63, 3.8) is 0 Å². The Labute approximate surface area is 205 Å². The number of hydrogen-bond acceptors (Lipinski definition) is 7. The Morgan fingerprint density at radius 2 is 2.00 bits per heavy atom. The third-order valence-electron chi connectivity index (χ3n) is 6.27. The van der Waals surface area contributed by atoms with Gasteiger partial charge >= 0.3 is 5.97 Å². The minimum atomic E-state index is -0.985. The number of aromatic carboxylic acids is 1. The molecule has 1 fully saturated rings. The molecule has 0 spiro atoms. The molecule has 0 amide bonds. The number of H-pyrrole nitrogens is 1. The van der Waals surface area contributed by atoms with Crippen LogP contribution in [0.1, 0.15) is 33.4 Å². The van der Waals surface area contributed by atoms with Gasteiger partial charge < -0.3 is 15.4 Å². The Bertz CT molecular complexity index is 1570. The molecule has 5 aromatic rings. The standard InChI is InChI=1S/C26H22N6O2S/c1-14-3-2-4-20(31-14)22-21(29-13-30-22)15-5-6-19-17(9-15)10-18(12-28-19)25-32-23(26(33)34)24(35-25)16-7-8-27-11-16/h2-6,9-10,12-13,16,27H,7-8,11H2,1H3,(H,29,30)(H,33,34)/t16-/m0/s1. The van der Waals surface area contributed by atoms with Gasteiger partial charge in [-0.25, -0.2) is 14.8 Å². The summed E-state index contributed by atoms with van der Waals surface area (Å²) in [6.45, 7) is 3.64. The number of nitrogens with one attached hydrogen (secondary N) is 2. The quantitative estimate of drug-likeness (QED) is 0.326. The molecule has 5 heterocycles. The van der Waals surface area contributed by atoms with E-state index >= 15 is 0 Å². The molecule has 1 saturated heterocycles. The third kappa shape index (κ3) is 3.98. The molecule has 1 aliphatic rings. The molecule has 8 nitrogen and oxygen atoms in total. The summed E-state index contributed by atoms with van der Waals surface area (Å²) >= 11 is 1.45. The van der Waals surface area contributed by atoms with Crippen LogP contribution in [0.3, 0.4) is 0 Å². The average Bonchev–Trinajstić information content (AvgIpc) is 3.63. The second-order valence-corrected chi connectivity index (χ2v) is 9.68. The molecule has 174 valence electrons. The Hall–Kier alpha value is -3.95. The van der Waals surface area contributed by atoms with Crippen LogP contribution >= 0.6 is 11.3 Å². The molecule has 0 bridgehead atoms. The van der Waals surface area contributed by atoms with E-state index in [0.717, 1.165) is 69.2 Å². The zero-order chi connectivity index (χ0) is 23.9. The van der Waals surface area contributed by atoms with Crippen molar-refractivity contribution in [3.05, 3.63) is 71.3 Å². The molecule has 3 N–H and O–H groups in total. The first-order valence-electron chi connectivity index (χ1n) is 11.4. The molecular formula is C26H22N6O2S. The number of aromatic nitrogens is 5. The fourth-order valence-electron chi connectivity index (χ4n) is 4.55. The van der Waals surface area contributed by atoms with Crippen molar-refractivity contribution in [2.24, 2.45) is 0 Å². The Balaban J connectivity index is 1.41. The second-order valence-electron chi connectivity index (χ2n) is 8.65. The minimum absolute atomic E-state index is 0.152. The highest BCUT2D eigenvalue weighted by molar-refractivity contribution is 7.15. The number of carboxylic acids is 1. The van der Waals surface area contributed by atoms with Gasteiger partial charge in [0.2, 0.25) is 0 Å². The molecule has 1 atom stereocenters. The van der Waals surface area contributed by atoms with Crippen LogP contribution in [0.25, 0.3) is 44.1 Å². The molecule has 0 saturated carbocycles. The number of rotatable bonds is 5. The number of carbonyl (C=O) groups is 1. The number of nitrogens with zero attached hydrogens (tertiary/aromatic N) is 4. The first-order chi connectivity index (χ1) is 17.1. The molecule has 6 rings (SSSR count). The third-order valence-corrected chi connectivity index (χ3v) is 7.54. The smallest absolute Gasteiger partial charge is 0.355 e. The van der Waals surface area contributed by atoms with Crippen LogP contribution in [0.15, 0.2) is 55.0 Å². The summed E-state index contributed by atoms with van der Waals surface area (Å²) in [7, 11) is 0. The van der Waals surface area contributed by atoms with E-state index in [-0.39, 0.29) is 11.6 Å². The maximum atomic E-state index is 11.9. The summed E-state index contributed by atoms with van der Waals surface area (Å²) in [6, 6.07) is 13.9. The number of aromatic amines is 1. The Morgan fingerprint density at radius 3 is 2.80 bits per heavy atom. The van der Waals surface area contributed by atoms with E-state index in [1.54, 1.807) is 12.5 Å². The van der Waals surface area contributed by atoms with Crippen molar-refractivity contribution in [1.29, 1.82) is 0 Å². The summed E-state index contributed by atoms with van der Waals surface area (Å²) in [6.07, 6.45) is 4.36. The molecule has 1 aromatic carbocycles. The summed E-state index contributed by atoms with van der Waals surface area (Å²) in [5.74, 6) is -0.804. The largest absolute Gasteiger partial charge is 0.476 e. The molecule has 0 unspecified atom stereocenters. The van der Waals surface area contributed by atoms with Crippen LogP contribution in [-0.4, -0.2) is 49.1 Å². The van der Waals surface area contributed by atoms with Crippen molar-refractivity contribution in [1.82, 2.24) is 30.2 Å². The molecule has 9 heteroatoms. The van der Waals surface area contributed by atoms with Gasteiger partial charge in [0.05, 0.1) is 28.9 Å². The molecule has 0 radical (unpaired) electrons. The van der Waals surface area contributed by atoms with Gasteiger partial charge in [-0.2, -0.15) is 0 Å². The van der Waals surface area contributed by atoms with Gasteiger partial charge in [0, 0.05) is 45.7 Å². The van der Waals surface area contributed by atoms with E-state index in [0.29, 0.717) is 5.01 Å². The van der Waals surface area contributed by atoms with Gasteiger partial charge in [-0.3, -0.25) is 9.97 Å². The number of thiazole rings is 1. The highest BCUT2D eigenvalue weighted by Gasteiger charge is 2.27. The van der Waals surface area contributed by atoms with Gasteiger partial charge in [0.15, 0.2) is 5.69 Å². The molecule has 4 aromatic heterocycles. The van der Waals surface area contributed by atoms with E-state index in [2.05, 4.69) is 36.3 Å². The van der Waals surface area contributed by atoms with Crippen LogP contribution < -0.4 is 5.32 Å². The summed E-state index contributed by atoms with van der Waals surface area (Å²) < 4.78 is 0. The minimum Gasteiger partial charge on any atom is -0.476 e. The average molecular weight is 483 g/mol. The second kappa shape index (κ2) is 8.68. The number of pyridine rings is 2. The van der Waals surface area contributed by atoms with Crippen molar-refractivity contribution in [2.45, 2.75) is 19.3 Å². The first-order valence-corrected chi connectivity index (χ1v) is 12.2. The number of hydrogen-bond donors (Lipinski definition) is 3. The van der Waals surface area contributed by atoms with Crippen molar-refractivity contribution in [2.75, 3.05) is 13.1 Å². The normalized spacial score (nSPS) is 15.6. The van der Waals surface area contributed by atoms with Crippen molar-refractivity contribution in [3.8, 4) is 33.2 Å². The summed E-state index contributed by atoms with van der Waals surface area (Å²) in [4.78, 5) is 34.2. The van der Waals surface area contributed by atoms with E-state index in [4.69, 9.17) is 0 Å². The lowest BCUT2D eigenvalue weighted by atomic mass is 10.0. The van der Waals surface area contributed by atoms with E-state index in [9.17, 15) is 9.90 Å². The highest BCUT2D eigenvalue weighted by Crippen LogP contribution is 2.37. The number of carboxylic acid groups (broad SMARTS) is 1. The summed E-state index contributed by atoms with van der Waals surface area (Å²) in [5, 5.41) is 14.6. The van der Waals surface area contributed by atoms with Crippen molar-refractivity contribution >= 4 is 28.2 Å². The monoisotopic (exact) mass is 482 g/mol. The van der Waals surface area contributed by atoms with Crippen LogP contribution in [0.4, 0.5) is 0 Å². The van der Waals surface area contributed by atoms with Crippen LogP contribution in [0.2, 0.25) is 0 Å². The number of imidazole rings is 1. The number of fused-ring (bicyclic) bond motifs is 1. The van der Waals surface area contributed by atoms with Gasteiger partial charge in [-0.1, -0.05) is 12.1 Å². The molecule has 35 heavy (non-hydrogen) atoms. The lowest BCUT2D eigenvalue weighted by Crippen LogP contribution is -2.10. The van der Waals surface area contributed by atoms with Crippen LogP contribution in [0.5, 0.6) is 0 Å². The number of benzene rings is 1. The Kier molecular flexibility index (Phi) is 5.35. The first kappa shape index (κ1) is 21.6. The zero-order valence-electron chi connectivity index (χ0n) is 18.9. The lowest BCUT2D eigenvalue weighted by Gasteiger charge is -2.06. The van der Waals surface area contributed by atoms with Gasteiger partial charge in [0.25, 0.3) is 0 Å². The number of aryl methyl sites for hydroxylation is 1. The lowest BCUT2D eigenvalue weighted by molar-refractivity contribution is 0.0690. The highest BCUT2D eigenvalue weighted by atomic mass is 32.1. The summed E-state index contributed by atoms with van der Waals surface area (Å²) in [5.41, 5.74) is 6.19. The van der Waals surface area contributed by atoms with E-state index < -0.39 is 5.97 Å². The fourth-order valence-corrected chi connectivity index (χ4v) is 5.72. The molecule has 1 aliphatic heterocycles. The maximum absolute atomic E-state index is 11.9. The topological polar surface area (TPSA) is 117 Å². The predicted molar refractivity (Wildman–Crippen MR) is 136 cm³/mol. The SMILES string of the molecule is Cc1cccc(-c2[nH]cnc2-c2ccc3ncc(-c4nc(C(=O)O)c([C@H]5CCNC5)s4)cc3c2)n1. The maximum Gasteiger partial charge on any atom is 0.355 e. The van der Waals surface area contributed by atoms with Crippen molar-refractivity contribution < 1.29 is 9.90 Å². The zero-order valence-corrected chi connectivity index (χ0v) is 19.8. The van der Waals surface area contributed by atoms with Crippen LogP contribution in [0, 0.1) is 6.92 Å². The van der Waals surface area contributed by atoms with Gasteiger partial charge in [-0.05, 0) is 50.2 Å².